The molecule has 116 valence electrons. The second-order valence-corrected chi connectivity index (χ2v) is 5.95. The summed E-state index contributed by atoms with van der Waals surface area (Å²) in [6.45, 7) is 5.15. The fraction of sp³-hybridized carbons (Fsp3) is 0.667. The summed E-state index contributed by atoms with van der Waals surface area (Å²) in [5.74, 6) is 0.445. The highest BCUT2D eigenvalue weighted by molar-refractivity contribution is 7.98. The Morgan fingerprint density at radius 3 is 2.62 bits per heavy atom. The van der Waals surface area contributed by atoms with Gasteiger partial charge in [-0.3, -0.25) is 4.79 Å². The summed E-state index contributed by atoms with van der Waals surface area (Å²) in [5.41, 5.74) is 1.23. The number of likely N-dealkylation sites (tertiary alicyclic amines) is 1. The Hall–Kier alpha value is -1.14. The Bertz CT molecular complexity index is 445. The molecule has 2 heterocycles. The zero-order valence-corrected chi connectivity index (χ0v) is 13.6. The van der Waals surface area contributed by atoms with Crippen LogP contribution in [0, 0.1) is 0 Å². The third-order valence-electron chi connectivity index (χ3n) is 3.83. The molecule has 1 aromatic heterocycles. The number of carbonyl (C=O) groups is 1. The number of carbonyl (C=O) groups excluding carboxylic acids is 1. The predicted octanol–water partition coefficient (Wildman–Crippen LogP) is 2.33. The molecule has 0 amide bonds. The van der Waals surface area contributed by atoms with Crippen LogP contribution in [-0.4, -0.2) is 53.3 Å². The molecule has 0 unspecified atom stereocenters. The monoisotopic (exact) mass is 309 g/mol. The van der Waals surface area contributed by atoms with Crippen LogP contribution in [0.25, 0.3) is 0 Å². The lowest BCUT2D eigenvalue weighted by Crippen LogP contribution is -2.34. The van der Waals surface area contributed by atoms with Crippen molar-refractivity contribution in [2.45, 2.75) is 37.3 Å². The van der Waals surface area contributed by atoms with E-state index in [4.69, 9.17) is 4.74 Å². The van der Waals surface area contributed by atoms with Gasteiger partial charge in [0.05, 0.1) is 13.0 Å². The average Bonchev–Trinajstić information content (AvgIpc) is 2.54. The first-order chi connectivity index (χ1) is 10.2. The third-order valence-corrected chi connectivity index (χ3v) is 4.40. The van der Waals surface area contributed by atoms with Gasteiger partial charge in [-0.05, 0) is 50.6 Å². The van der Waals surface area contributed by atoms with Crippen LogP contribution >= 0.6 is 11.8 Å². The molecule has 1 aliphatic heterocycles. The summed E-state index contributed by atoms with van der Waals surface area (Å²) in [5, 5.41) is 0.825. The number of hydrogen-bond donors (Lipinski definition) is 0. The SMILES string of the molecule is CCOC(=O)CCN1CCC(c2cnc(SC)nc2)CC1. The molecule has 1 aromatic rings. The smallest absolute Gasteiger partial charge is 0.307 e. The molecule has 0 radical (unpaired) electrons. The molecule has 0 aromatic carbocycles. The zero-order chi connectivity index (χ0) is 15.1. The van der Waals surface area contributed by atoms with Crippen LogP contribution in [0.5, 0.6) is 0 Å². The van der Waals surface area contributed by atoms with E-state index < -0.39 is 0 Å². The average molecular weight is 309 g/mol. The van der Waals surface area contributed by atoms with Gasteiger partial charge in [0.15, 0.2) is 5.16 Å². The first kappa shape index (κ1) is 16.2. The highest BCUT2D eigenvalue weighted by Crippen LogP contribution is 2.27. The van der Waals surface area contributed by atoms with Crippen molar-refractivity contribution in [3.63, 3.8) is 0 Å². The Morgan fingerprint density at radius 2 is 2.05 bits per heavy atom. The Balaban J connectivity index is 1.76. The summed E-state index contributed by atoms with van der Waals surface area (Å²) in [4.78, 5) is 22.4. The molecule has 0 atom stereocenters. The highest BCUT2D eigenvalue weighted by Gasteiger charge is 2.21. The number of aromatic nitrogens is 2. The first-order valence-electron chi connectivity index (χ1n) is 7.46. The lowest BCUT2D eigenvalue weighted by atomic mass is 9.91. The second kappa shape index (κ2) is 8.34. The van der Waals surface area contributed by atoms with E-state index in [1.54, 1.807) is 11.8 Å². The van der Waals surface area contributed by atoms with Crippen molar-refractivity contribution in [3.8, 4) is 0 Å². The molecule has 0 spiro atoms. The van der Waals surface area contributed by atoms with Gasteiger partial charge in [-0.25, -0.2) is 9.97 Å². The maximum Gasteiger partial charge on any atom is 0.307 e. The Kier molecular flexibility index (Phi) is 6.45. The third kappa shape index (κ3) is 4.97. The first-order valence-corrected chi connectivity index (χ1v) is 8.69. The molecule has 2 rings (SSSR count). The summed E-state index contributed by atoms with van der Waals surface area (Å²) in [6, 6.07) is 0. The van der Waals surface area contributed by atoms with Gasteiger partial charge >= 0.3 is 5.97 Å². The normalized spacial score (nSPS) is 16.9. The molecule has 21 heavy (non-hydrogen) atoms. The topological polar surface area (TPSA) is 55.3 Å². The van der Waals surface area contributed by atoms with Crippen LogP contribution in [0.4, 0.5) is 0 Å². The number of esters is 1. The molecule has 1 aliphatic rings. The Labute approximate surface area is 130 Å². The number of rotatable bonds is 6. The van der Waals surface area contributed by atoms with Crippen LogP contribution in [0.1, 0.15) is 37.7 Å². The van der Waals surface area contributed by atoms with E-state index in [0.717, 1.165) is 37.6 Å². The highest BCUT2D eigenvalue weighted by atomic mass is 32.2. The standard InChI is InChI=1S/C15H23N3O2S/c1-3-20-14(19)6-9-18-7-4-12(5-8-18)13-10-16-15(21-2)17-11-13/h10-12H,3-9H2,1-2H3. The van der Waals surface area contributed by atoms with Crippen molar-refractivity contribution in [2.75, 3.05) is 32.5 Å². The van der Waals surface area contributed by atoms with E-state index in [1.165, 1.54) is 5.56 Å². The van der Waals surface area contributed by atoms with Crippen LogP contribution in [0.3, 0.4) is 0 Å². The van der Waals surface area contributed by atoms with Gasteiger partial charge in [0.25, 0.3) is 0 Å². The van der Waals surface area contributed by atoms with Gasteiger partial charge in [0.2, 0.25) is 0 Å². The van der Waals surface area contributed by atoms with E-state index in [0.29, 0.717) is 18.9 Å². The van der Waals surface area contributed by atoms with Gasteiger partial charge in [0, 0.05) is 18.9 Å². The van der Waals surface area contributed by atoms with Crippen molar-refractivity contribution < 1.29 is 9.53 Å². The van der Waals surface area contributed by atoms with Gasteiger partial charge in [-0.2, -0.15) is 0 Å². The number of hydrogen-bond acceptors (Lipinski definition) is 6. The number of piperidine rings is 1. The fourth-order valence-corrected chi connectivity index (χ4v) is 2.93. The minimum atomic E-state index is -0.0966. The molecule has 1 saturated heterocycles. The van der Waals surface area contributed by atoms with E-state index in [1.807, 2.05) is 25.6 Å². The maximum atomic E-state index is 11.4. The molecule has 0 bridgehead atoms. The molecular formula is C15H23N3O2S. The van der Waals surface area contributed by atoms with Crippen LogP contribution in [-0.2, 0) is 9.53 Å². The molecule has 6 heteroatoms. The predicted molar refractivity (Wildman–Crippen MR) is 83.5 cm³/mol. The van der Waals surface area contributed by atoms with Crippen molar-refractivity contribution >= 4 is 17.7 Å². The number of ether oxygens (including phenoxy) is 1. The fourth-order valence-electron chi connectivity index (χ4n) is 2.61. The zero-order valence-electron chi connectivity index (χ0n) is 12.7. The van der Waals surface area contributed by atoms with Crippen LogP contribution in [0.2, 0.25) is 0 Å². The van der Waals surface area contributed by atoms with E-state index >= 15 is 0 Å². The molecule has 0 aliphatic carbocycles. The van der Waals surface area contributed by atoms with Gasteiger partial charge < -0.3 is 9.64 Å². The van der Waals surface area contributed by atoms with Gasteiger partial charge in [0.1, 0.15) is 0 Å². The van der Waals surface area contributed by atoms with Crippen molar-refractivity contribution in [1.29, 1.82) is 0 Å². The molecule has 0 N–H and O–H groups in total. The van der Waals surface area contributed by atoms with E-state index in [-0.39, 0.29) is 5.97 Å². The van der Waals surface area contributed by atoms with Crippen molar-refractivity contribution in [2.24, 2.45) is 0 Å². The number of thioether (sulfide) groups is 1. The molecule has 1 fully saturated rings. The van der Waals surface area contributed by atoms with Crippen molar-refractivity contribution in [1.82, 2.24) is 14.9 Å². The second-order valence-electron chi connectivity index (χ2n) is 5.17. The molecule has 5 nitrogen and oxygen atoms in total. The maximum absolute atomic E-state index is 11.4. The quantitative estimate of drug-likeness (QED) is 0.457. The molecular weight excluding hydrogens is 286 g/mol. The lowest BCUT2D eigenvalue weighted by Gasteiger charge is -2.31. The van der Waals surface area contributed by atoms with Gasteiger partial charge in [-0.1, -0.05) is 11.8 Å². The minimum Gasteiger partial charge on any atom is -0.466 e. The molecule has 0 saturated carbocycles. The summed E-state index contributed by atoms with van der Waals surface area (Å²) >= 11 is 1.56. The van der Waals surface area contributed by atoms with Gasteiger partial charge in [-0.15, -0.1) is 0 Å². The van der Waals surface area contributed by atoms with E-state index in [9.17, 15) is 4.79 Å². The summed E-state index contributed by atoms with van der Waals surface area (Å²) in [7, 11) is 0. The summed E-state index contributed by atoms with van der Waals surface area (Å²) in [6.07, 6.45) is 8.59. The van der Waals surface area contributed by atoms with E-state index in [2.05, 4.69) is 14.9 Å². The van der Waals surface area contributed by atoms with Crippen molar-refractivity contribution in [3.05, 3.63) is 18.0 Å². The summed E-state index contributed by atoms with van der Waals surface area (Å²) < 4.78 is 4.96. The Morgan fingerprint density at radius 1 is 1.38 bits per heavy atom. The minimum absolute atomic E-state index is 0.0966. The lowest BCUT2D eigenvalue weighted by molar-refractivity contribution is -0.143. The largest absolute Gasteiger partial charge is 0.466 e. The number of nitrogens with zero attached hydrogens (tertiary/aromatic N) is 3. The van der Waals surface area contributed by atoms with Crippen LogP contribution < -0.4 is 0 Å². The van der Waals surface area contributed by atoms with Crippen LogP contribution in [0.15, 0.2) is 17.6 Å².